The minimum absolute atomic E-state index is 0.0107. The Labute approximate surface area is 197 Å². The SMILES string of the molecule is O=C(O)c1scc2[nH]c(=O)n(-c3cc(OCc4c(OCCO)ccc(F)c4F)ccc3F)c(=O)c12. The Morgan fingerprint density at radius 3 is 2.54 bits per heavy atom. The molecule has 0 aliphatic rings. The molecule has 0 aliphatic heterocycles. The number of benzene rings is 2. The maximum absolute atomic E-state index is 14.6. The summed E-state index contributed by atoms with van der Waals surface area (Å²) in [5.74, 6) is -5.02. The number of rotatable bonds is 8. The van der Waals surface area contributed by atoms with Gasteiger partial charge < -0.3 is 24.7 Å². The summed E-state index contributed by atoms with van der Waals surface area (Å²) in [5, 5.41) is 19.2. The molecule has 2 heterocycles. The molecule has 0 amide bonds. The Kier molecular flexibility index (Phi) is 6.62. The van der Waals surface area contributed by atoms with Crippen LogP contribution < -0.4 is 20.7 Å². The normalized spacial score (nSPS) is 11.1. The number of carbonyl (C=O) groups is 1. The highest BCUT2D eigenvalue weighted by Crippen LogP contribution is 2.27. The third-order valence-corrected chi connectivity index (χ3v) is 5.86. The van der Waals surface area contributed by atoms with Crippen LogP contribution in [0.3, 0.4) is 0 Å². The Morgan fingerprint density at radius 2 is 1.83 bits per heavy atom. The molecular weight excluding hydrogens is 493 g/mol. The van der Waals surface area contributed by atoms with E-state index in [2.05, 4.69) is 4.98 Å². The number of halogens is 3. The number of carboxylic acid groups (broad SMARTS) is 1. The first-order chi connectivity index (χ1) is 16.7. The van der Waals surface area contributed by atoms with Gasteiger partial charge in [0.15, 0.2) is 11.6 Å². The van der Waals surface area contributed by atoms with Gasteiger partial charge in [-0.3, -0.25) is 4.79 Å². The van der Waals surface area contributed by atoms with E-state index in [4.69, 9.17) is 14.6 Å². The summed E-state index contributed by atoms with van der Waals surface area (Å²) in [6.45, 7) is -1.14. The van der Waals surface area contributed by atoms with Gasteiger partial charge in [-0.1, -0.05) is 0 Å². The van der Waals surface area contributed by atoms with Crippen molar-refractivity contribution < 1.29 is 37.7 Å². The van der Waals surface area contributed by atoms with Crippen LogP contribution in [-0.2, 0) is 6.61 Å². The van der Waals surface area contributed by atoms with E-state index in [0.717, 1.165) is 41.7 Å². The van der Waals surface area contributed by atoms with E-state index in [-0.39, 0.29) is 46.1 Å². The number of aromatic nitrogens is 2. The van der Waals surface area contributed by atoms with Gasteiger partial charge in [0, 0.05) is 11.4 Å². The van der Waals surface area contributed by atoms with Crippen molar-refractivity contribution in [3.05, 3.63) is 84.4 Å². The molecular formula is C22H15F3N2O7S. The lowest BCUT2D eigenvalue weighted by atomic mass is 10.2. The van der Waals surface area contributed by atoms with E-state index in [1.807, 2.05) is 0 Å². The molecule has 4 aromatic rings. The van der Waals surface area contributed by atoms with Crippen LogP contribution in [0.1, 0.15) is 15.2 Å². The molecule has 2 aromatic carbocycles. The molecule has 35 heavy (non-hydrogen) atoms. The Balaban J connectivity index is 1.74. The summed E-state index contributed by atoms with van der Waals surface area (Å²) in [6, 6.07) is 4.99. The van der Waals surface area contributed by atoms with Crippen LogP contribution in [0, 0.1) is 17.5 Å². The first-order valence-electron chi connectivity index (χ1n) is 9.86. The van der Waals surface area contributed by atoms with Crippen LogP contribution in [-0.4, -0.2) is 38.9 Å². The van der Waals surface area contributed by atoms with Crippen LogP contribution in [0.4, 0.5) is 13.2 Å². The lowest BCUT2D eigenvalue weighted by Gasteiger charge is -2.14. The highest BCUT2D eigenvalue weighted by molar-refractivity contribution is 7.13. The average Bonchev–Trinajstić information content (AvgIpc) is 3.25. The molecule has 0 fully saturated rings. The van der Waals surface area contributed by atoms with Gasteiger partial charge in [-0.2, -0.15) is 0 Å². The minimum Gasteiger partial charge on any atom is -0.491 e. The van der Waals surface area contributed by atoms with E-state index in [1.54, 1.807) is 0 Å². The van der Waals surface area contributed by atoms with Crippen LogP contribution in [0.5, 0.6) is 11.5 Å². The second kappa shape index (κ2) is 9.64. The van der Waals surface area contributed by atoms with Gasteiger partial charge in [0.25, 0.3) is 5.56 Å². The van der Waals surface area contributed by atoms with Crippen LogP contribution >= 0.6 is 11.3 Å². The average molecular weight is 508 g/mol. The largest absolute Gasteiger partial charge is 0.491 e. The van der Waals surface area contributed by atoms with Gasteiger partial charge in [-0.05, 0) is 24.3 Å². The Hall–Kier alpha value is -4.10. The third kappa shape index (κ3) is 4.50. The lowest BCUT2D eigenvalue weighted by Crippen LogP contribution is -2.34. The van der Waals surface area contributed by atoms with Crippen LogP contribution in [0.25, 0.3) is 16.6 Å². The zero-order chi connectivity index (χ0) is 25.3. The summed E-state index contributed by atoms with van der Waals surface area (Å²) < 4.78 is 53.8. The van der Waals surface area contributed by atoms with Gasteiger partial charge in [0.2, 0.25) is 0 Å². The fourth-order valence-corrected chi connectivity index (χ4v) is 4.15. The van der Waals surface area contributed by atoms with Gasteiger partial charge >= 0.3 is 11.7 Å². The highest BCUT2D eigenvalue weighted by atomic mass is 32.1. The van der Waals surface area contributed by atoms with E-state index < -0.39 is 47.0 Å². The number of aromatic carboxylic acids is 1. The van der Waals surface area contributed by atoms with Gasteiger partial charge in [0.05, 0.1) is 28.8 Å². The molecule has 182 valence electrons. The van der Waals surface area contributed by atoms with Crippen molar-refractivity contribution in [3.8, 4) is 17.2 Å². The number of nitrogens with zero attached hydrogens (tertiary/aromatic N) is 1. The molecule has 0 radical (unpaired) electrons. The fraction of sp³-hybridized carbons (Fsp3) is 0.136. The number of carboxylic acids is 1. The highest BCUT2D eigenvalue weighted by Gasteiger charge is 2.21. The summed E-state index contributed by atoms with van der Waals surface area (Å²) in [4.78, 5) is 38.9. The molecule has 0 bridgehead atoms. The van der Waals surface area contributed by atoms with E-state index >= 15 is 0 Å². The quantitative estimate of drug-likeness (QED) is 0.334. The summed E-state index contributed by atoms with van der Waals surface area (Å²) >= 11 is 0.725. The van der Waals surface area contributed by atoms with Gasteiger partial charge in [-0.25, -0.2) is 27.3 Å². The number of aliphatic hydroxyl groups excluding tert-OH is 1. The Bertz CT molecular complexity index is 1560. The van der Waals surface area contributed by atoms with Crippen molar-refractivity contribution in [2.24, 2.45) is 0 Å². The summed E-state index contributed by atoms with van der Waals surface area (Å²) in [7, 11) is 0. The molecule has 0 aliphatic carbocycles. The smallest absolute Gasteiger partial charge is 0.346 e. The van der Waals surface area contributed by atoms with Crippen LogP contribution in [0.15, 0.2) is 45.3 Å². The predicted molar refractivity (Wildman–Crippen MR) is 118 cm³/mol. The third-order valence-electron chi connectivity index (χ3n) is 4.89. The molecule has 2 aromatic heterocycles. The lowest BCUT2D eigenvalue weighted by molar-refractivity contribution is 0.0704. The number of hydrogen-bond donors (Lipinski definition) is 3. The Morgan fingerprint density at radius 1 is 1.09 bits per heavy atom. The van der Waals surface area contributed by atoms with Crippen molar-refractivity contribution in [3.63, 3.8) is 0 Å². The van der Waals surface area contributed by atoms with Crippen molar-refractivity contribution in [1.82, 2.24) is 9.55 Å². The zero-order valence-corrected chi connectivity index (χ0v) is 18.3. The number of thiophene rings is 1. The second-order valence-electron chi connectivity index (χ2n) is 7.04. The van der Waals surface area contributed by atoms with Crippen molar-refractivity contribution in [1.29, 1.82) is 0 Å². The molecule has 9 nitrogen and oxygen atoms in total. The first-order valence-corrected chi connectivity index (χ1v) is 10.7. The van der Waals surface area contributed by atoms with Gasteiger partial charge in [0.1, 0.15) is 35.4 Å². The van der Waals surface area contributed by atoms with Crippen molar-refractivity contribution in [2.75, 3.05) is 13.2 Å². The second-order valence-corrected chi connectivity index (χ2v) is 7.92. The molecule has 0 spiro atoms. The molecule has 13 heteroatoms. The van der Waals surface area contributed by atoms with E-state index in [1.165, 1.54) is 5.38 Å². The monoisotopic (exact) mass is 508 g/mol. The molecule has 4 rings (SSSR count). The number of ether oxygens (including phenoxy) is 2. The molecule has 3 N–H and O–H groups in total. The number of aliphatic hydroxyl groups is 1. The van der Waals surface area contributed by atoms with E-state index in [9.17, 15) is 32.7 Å². The van der Waals surface area contributed by atoms with Gasteiger partial charge in [-0.15, -0.1) is 11.3 Å². The maximum Gasteiger partial charge on any atom is 0.346 e. The molecule has 0 saturated carbocycles. The van der Waals surface area contributed by atoms with Crippen molar-refractivity contribution in [2.45, 2.75) is 6.61 Å². The topological polar surface area (TPSA) is 131 Å². The maximum atomic E-state index is 14.6. The van der Waals surface area contributed by atoms with Crippen LogP contribution in [0.2, 0.25) is 0 Å². The standard InChI is InChI=1S/C22H15F3N2O7S/c23-12-2-1-10(34-8-11-16(33-6-5-28)4-3-13(24)18(11)25)7-15(12)27-20(29)17-14(26-22(27)32)9-35-19(17)21(30)31/h1-4,7,9,28H,5-6,8H2,(H,26,32)(H,30,31). The fourth-order valence-electron chi connectivity index (χ4n) is 3.32. The number of aromatic amines is 1. The predicted octanol–water partition coefficient (Wildman–Crippen LogP) is 2.81. The molecule has 0 atom stereocenters. The first kappa shape index (κ1) is 24.0. The number of hydrogen-bond acceptors (Lipinski definition) is 7. The van der Waals surface area contributed by atoms with E-state index in [0.29, 0.717) is 4.57 Å². The number of nitrogens with one attached hydrogen (secondary N) is 1. The summed E-state index contributed by atoms with van der Waals surface area (Å²) in [6.07, 6.45) is 0. The number of H-pyrrole nitrogens is 1. The number of fused-ring (bicyclic) bond motifs is 1. The minimum atomic E-state index is -1.39. The zero-order valence-electron chi connectivity index (χ0n) is 17.5. The summed E-state index contributed by atoms with van der Waals surface area (Å²) in [5.41, 5.74) is -2.96. The van der Waals surface area contributed by atoms with Crippen molar-refractivity contribution >= 4 is 28.2 Å². The molecule has 0 saturated heterocycles. The molecule has 0 unspecified atom stereocenters.